The zero-order chi connectivity index (χ0) is 15.5. The molecule has 0 bridgehead atoms. The van der Waals surface area contributed by atoms with Crippen LogP contribution in [-0.4, -0.2) is 16.3 Å². The van der Waals surface area contributed by atoms with Crippen LogP contribution in [0.15, 0.2) is 12.4 Å². The van der Waals surface area contributed by atoms with Crippen LogP contribution in [0.5, 0.6) is 0 Å². The van der Waals surface area contributed by atoms with Crippen LogP contribution >= 0.6 is 0 Å². The molecule has 0 aromatic carbocycles. The summed E-state index contributed by atoms with van der Waals surface area (Å²) in [5.74, 6) is 1.65. The van der Waals surface area contributed by atoms with Gasteiger partial charge in [-0.3, -0.25) is 4.68 Å². The second-order valence-corrected chi connectivity index (χ2v) is 7.64. The van der Waals surface area contributed by atoms with E-state index in [0.717, 1.165) is 24.9 Å². The summed E-state index contributed by atoms with van der Waals surface area (Å²) in [5.41, 5.74) is 1.84. The molecule has 1 fully saturated rings. The molecule has 1 saturated carbocycles. The van der Waals surface area contributed by atoms with Gasteiger partial charge in [0.25, 0.3) is 0 Å². The van der Waals surface area contributed by atoms with E-state index in [-0.39, 0.29) is 0 Å². The second kappa shape index (κ2) is 6.95. The molecule has 1 N–H and O–H groups in total. The first kappa shape index (κ1) is 16.5. The number of aromatic nitrogens is 2. The first-order valence-electron chi connectivity index (χ1n) is 8.71. The summed E-state index contributed by atoms with van der Waals surface area (Å²) in [6.45, 7) is 13.5. The van der Waals surface area contributed by atoms with E-state index >= 15 is 0 Å². The largest absolute Gasteiger partial charge is 0.310 e. The number of aryl methyl sites for hydroxylation is 1. The molecule has 1 aromatic heterocycles. The van der Waals surface area contributed by atoms with Gasteiger partial charge in [-0.1, -0.05) is 27.7 Å². The molecule has 3 heteroatoms. The molecule has 1 aliphatic carbocycles. The predicted molar refractivity (Wildman–Crippen MR) is 89.2 cm³/mol. The van der Waals surface area contributed by atoms with Gasteiger partial charge in [0.15, 0.2) is 0 Å². The summed E-state index contributed by atoms with van der Waals surface area (Å²) in [7, 11) is 0. The Morgan fingerprint density at radius 3 is 2.38 bits per heavy atom. The SMILES string of the molecule is CCNC(c1cnn(CC)c1)C1CCC(C(C)(C)C)CC1. The Labute approximate surface area is 130 Å². The highest BCUT2D eigenvalue weighted by atomic mass is 15.3. The third-order valence-electron chi connectivity index (χ3n) is 5.23. The molecule has 3 nitrogen and oxygen atoms in total. The molecule has 1 aliphatic rings. The van der Waals surface area contributed by atoms with Crippen LogP contribution in [0.4, 0.5) is 0 Å². The zero-order valence-electron chi connectivity index (χ0n) is 14.5. The Balaban J connectivity index is 2.03. The predicted octanol–water partition coefficient (Wildman–Crippen LogP) is 4.41. The Morgan fingerprint density at radius 2 is 1.90 bits per heavy atom. The molecule has 0 aliphatic heterocycles. The van der Waals surface area contributed by atoms with E-state index in [9.17, 15) is 0 Å². The number of hydrogen-bond donors (Lipinski definition) is 1. The summed E-state index contributed by atoms with van der Waals surface area (Å²) in [5, 5.41) is 8.17. The third kappa shape index (κ3) is 4.09. The lowest BCUT2D eigenvalue weighted by atomic mass is 9.68. The van der Waals surface area contributed by atoms with Gasteiger partial charge in [-0.25, -0.2) is 0 Å². The lowest BCUT2D eigenvalue weighted by Gasteiger charge is -2.39. The van der Waals surface area contributed by atoms with Crippen molar-refractivity contribution in [1.82, 2.24) is 15.1 Å². The third-order valence-corrected chi connectivity index (χ3v) is 5.23. The van der Waals surface area contributed by atoms with E-state index in [1.54, 1.807) is 0 Å². The highest BCUT2D eigenvalue weighted by molar-refractivity contribution is 5.12. The smallest absolute Gasteiger partial charge is 0.0537 e. The van der Waals surface area contributed by atoms with E-state index in [2.05, 4.69) is 57.4 Å². The molecule has 1 aromatic rings. The summed E-state index contributed by atoms with van der Waals surface area (Å²) in [6, 6.07) is 0.483. The van der Waals surface area contributed by atoms with E-state index in [1.807, 2.05) is 4.68 Å². The van der Waals surface area contributed by atoms with Gasteiger partial charge in [-0.2, -0.15) is 5.10 Å². The van der Waals surface area contributed by atoms with Gasteiger partial charge in [0.1, 0.15) is 0 Å². The maximum atomic E-state index is 4.46. The van der Waals surface area contributed by atoms with E-state index in [1.165, 1.54) is 31.2 Å². The van der Waals surface area contributed by atoms with Crippen LogP contribution in [0.25, 0.3) is 0 Å². The van der Waals surface area contributed by atoms with Crippen molar-refractivity contribution < 1.29 is 0 Å². The lowest BCUT2D eigenvalue weighted by Crippen LogP contribution is -2.33. The minimum atomic E-state index is 0.464. The van der Waals surface area contributed by atoms with Crippen molar-refractivity contribution in [3.8, 4) is 0 Å². The average Bonchev–Trinajstić information content (AvgIpc) is 2.92. The van der Waals surface area contributed by atoms with Crippen molar-refractivity contribution in [3.05, 3.63) is 18.0 Å². The molecule has 1 unspecified atom stereocenters. The van der Waals surface area contributed by atoms with Gasteiger partial charge in [0.05, 0.1) is 6.20 Å². The minimum absolute atomic E-state index is 0.464. The van der Waals surface area contributed by atoms with Gasteiger partial charge in [0, 0.05) is 24.3 Å². The fourth-order valence-corrected chi connectivity index (χ4v) is 3.81. The molecular weight excluding hydrogens is 258 g/mol. The topological polar surface area (TPSA) is 29.9 Å². The van der Waals surface area contributed by atoms with E-state index in [0.29, 0.717) is 11.5 Å². The Morgan fingerprint density at radius 1 is 1.24 bits per heavy atom. The summed E-state index contributed by atoms with van der Waals surface area (Å²) < 4.78 is 2.04. The Hall–Kier alpha value is -0.830. The van der Waals surface area contributed by atoms with Crippen LogP contribution in [0, 0.1) is 17.3 Å². The van der Waals surface area contributed by atoms with Crippen molar-refractivity contribution in [3.63, 3.8) is 0 Å². The monoisotopic (exact) mass is 291 g/mol. The van der Waals surface area contributed by atoms with Crippen molar-refractivity contribution in [2.45, 2.75) is 72.9 Å². The van der Waals surface area contributed by atoms with Crippen LogP contribution in [0.3, 0.4) is 0 Å². The van der Waals surface area contributed by atoms with Crippen molar-refractivity contribution in [2.24, 2.45) is 17.3 Å². The molecule has 0 radical (unpaired) electrons. The molecule has 0 saturated heterocycles. The molecule has 1 atom stereocenters. The quantitative estimate of drug-likeness (QED) is 0.871. The van der Waals surface area contributed by atoms with Crippen molar-refractivity contribution >= 4 is 0 Å². The maximum Gasteiger partial charge on any atom is 0.0537 e. The first-order chi connectivity index (χ1) is 9.95. The van der Waals surface area contributed by atoms with Crippen LogP contribution in [0.2, 0.25) is 0 Å². The van der Waals surface area contributed by atoms with Gasteiger partial charge < -0.3 is 5.32 Å². The fourth-order valence-electron chi connectivity index (χ4n) is 3.81. The normalized spacial score (nSPS) is 25.0. The van der Waals surface area contributed by atoms with E-state index in [4.69, 9.17) is 0 Å². The molecule has 2 rings (SSSR count). The van der Waals surface area contributed by atoms with Crippen LogP contribution in [0.1, 0.15) is 71.9 Å². The number of hydrogen-bond acceptors (Lipinski definition) is 2. The average molecular weight is 291 g/mol. The standard InChI is InChI=1S/C18H33N3/c1-6-19-17(15-12-20-21(7-2)13-15)14-8-10-16(11-9-14)18(3,4)5/h12-14,16-17,19H,6-11H2,1-5H3. The Bertz CT molecular complexity index is 422. The second-order valence-electron chi connectivity index (χ2n) is 7.64. The van der Waals surface area contributed by atoms with Gasteiger partial charge in [0.2, 0.25) is 0 Å². The summed E-state index contributed by atoms with van der Waals surface area (Å²) in [4.78, 5) is 0. The molecule has 120 valence electrons. The first-order valence-corrected chi connectivity index (χ1v) is 8.71. The number of nitrogens with zero attached hydrogens (tertiary/aromatic N) is 2. The zero-order valence-corrected chi connectivity index (χ0v) is 14.5. The molecule has 21 heavy (non-hydrogen) atoms. The molecular formula is C18H33N3. The van der Waals surface area contributed by atoms with Crippen LogP contribution < -0.4 is 5.32 Å². The summed E-state index contributed by atoms with van der Waals surface area (Å²) >= 11 is 0. The molecule has 0 spiro atoms. The number of rotatable bonds is 5. The number of nitrogens with one attached hydrogen (secondary N) is 1. The fraction of sp³-hybridized carbons (Fsp3) is 0.833. The van der Waals surface area contributed by atoms with E-state index < -0.39 is 0 Å². The molecule has 1 heterocycles. The molecule has 0 amide bonds. The van der Waals surface area contributed by atoms with Gasteiger partial charge in [-0.15, -0.1) is 0 Å². The maximum absolute atomic E-state index is 4.46. The highest BCUT2D eigenvalue weighted by Crippen LogP contribution is 2.43. The minimum Gasteiger partial charge on any atom is -0.310 e. The summed E-state index contributed by atoms with van der Waals surface area (Å²) in [6.07, 6.45) is 9.72. The van der Waals surface area contributed by atoms with Crippen LogP contribution in [-0.2, 0) is 6.54 Å². The van der Waals surface area contributed by atoms with Gasteiger partial charge in [-0.05, 0) is 56.4 Å². The lowest BCUT2D eigenvalue weighted by molar-refractivity contribution is 0.133. The van der Waals surface area contributed by atoms with Gasteiger partial charge >= 0.3 is 0 Å². The highest BCUT2D eigenvalue weighted by Gasteiger charge is 2.33. The van der Waals surface area contributed by atoms with Crippen molar-refractivity contribution in [2.75, 3.05) is 6.54 Å². The Kier molecular flexibility index (Phi) is 5.48. The van der Waals surface area contributed by atoms with Crippen molar-refractivity contribution in [1.29, 1.82) is 0 Å².